The molecular weight excluding hydrogens is 134 g/mol. The molecule has 0 unspecified atom stereocenters. The van der Waals surface area contributed by atoms with E-state index in [-0.39, 0.29) is 0 Å². The zero-order valence-electron chi connectivity index (χ0n) is 7.64. The Morgan fingerprint density at radius 2 is 2.18 bits per heavy atom. The Labute approximate surface area is 69.4 Å². The minimum absolute atomic E-state index is 0.489. The van der Waals surface area contributed by atoms with Crippen molar-refractivity contribution in [3.8, 4) is 0 Å². The van der Waals surface area contributed by atoms with Crippen molar-refractivity contribution in [2.75, 3.05) is 0 Å². The molecule has 2 bridgehead atoms. The number of nitrogens with two attached hydrogens (primary N) is 1. The molecule has 64 valence electrons. The van der Waals surface area contributed by atoms with Crippen LogP contribution in [0.1, 0.15) is 39.5 Å². The smallest absolute Gasteiger partial charge is 0.0124 e. The standard InChI is InChI=1S/C10H19N/c1-3-10(2)8-5-4-7(6-8)9(10)11/h7-9H,3-6,11H2,1-2H3/t7-,8+,9-,10+/m1/s1. The summed E-state index contributed by atoms with van der Waals surface area (Å²) < 4.78 is 0. The quantitative estimate of drug-likeness (QED) is 0.614. The number of rotatable bonds is 1. The summed E-state index contributed by atoms with van der Waals surface area (Å²) in [6.07, 6.45) is 5.55. The van der Waals surface area contributed by atoms with E-state index in [1.165, 1.54) is 25.7 Å². The lowest BCUT2D eigenvalue weighted by molar-refractivity contribution is 0.149. The summed E-state index contributed by atoms with van der Waals surface area (Å²) in [5, 5.41) is 0. The summed E-state index contributed by atoms with van der Waals surface area (Å²) in [6.45, 7) is 4.68. The molecule has 2 N–H and O–H groups in total. The van der Waals surface area contributed by atoms with Crippen LogP contribution in [0.3, 0.4) is 0 Å². The van der Waals surface area contributed by atoms with Gasteiger partial charge in [0.2, 0.25) is 0 Å². The average Bonchev–Trinajstić information content (AvgIpc) is 2.56. The van der Waals surface area contributed by atoms with Crippen LogP contribution in [0.25, 0.3) is 0 Å². The molecule has 0 radical (unpaired) electrons. The summed E-state index contributed by atoms with van der Waals surface area (Å²) in [7, 11) is 0. The number of hydrogen-bond acceptors (Lipinski definition) is 1. The molecule has 1 heteroatoms. The van der Waals surface area contributed by atoms with Crippen molar-refractivity contribution < 1.29 is 0 Å². The highest BCUT2D eigenvalue weighted by Crippen LogP contribution is 2.56. The second-order valence-corrected chi connectivity index (χ2v) is 4.66. The van der Waals surface area contributed by atoms with Crippen molar-refractivity contribution in [1.29, 1.82) is 0 Å². The highest BCUT2D eigenvalue weighted by Gasteiger charge is 2.52. The van der Waals surface area contributed by atoms with Crippen molar-refractivity contribution in [3.63, 3.8) is 0 Å². The first kappa shape index (κ1) is 7.60. The fraction of sp³-hybridized carbons (Fsp3) is 1.00. The van der Waals surface area contributed by atoms with Gasteiger partial charge in [-0.05, 0) is 42.9 Å². The van der Waals surface area contributed by atoms with Crippen molar-refractivity contribution in [3.05, 3.63) is 0 Å². The van der Waals surface area contributed by atoms with Crippen LogP contribution >= 0.6 is 0 Å². The fourth-order valence-corrected chi connectivity index (χ4v) is 3.28. The van der Waals surface area contributed by atoms with Gasteiger partial charge in [-0.2, -0.15) is 0 Å². The van der Waals surface area contributed by atoms with Crippen molar-refractivity contribution in [2.45, 2.75) is 45.6 Å². The zero-order chi connectivity index (χ0) is 8.06. The molecule has 1 nitrogen and oxygen atoms in total. The maximum atomic E-state index is 6.21. The first-order chi connectivity index (χ1) is 5.18. The molecule has 2 rings (SSSR count). The van der Waals surface area contributed by atoms with E-state index in [4.69, 9.17) is 5.73 Å². The van der Waals surface area contributed by atoms with E-state index >= 15 is 0 Å². The predicted octanol–water partition coefficient (Wildman–Crippen LogP) is 2.16. The van der Waals surface area contributed by atoms with E-state index in [2.05, 4.69) is 13.8 Å². The van der Waals surface area contributed by atoms with Crippen LogP contribution in [0, 0.1) is 17.3 Å². The lowest BCUT2D eigenvalue weighted by Gasteiger charge is -2.38. The Kier molecular flexibility index (Phi) is 1.54. The van der Waals surface area contributed by atoms with Gasteiger partial charge in [0.25, 0.3) is 0 Å². The minimum atomic E-state index is 0.489. The van der Waals surface area contributed by atoms with Gasteiger partial charge in [-0.1, -0.05) is 13.8 Å². The van der Waals surface area contributed by atoms with Gasteiger partial charge < -0.3 is 5.73 Å². The molecular formula is C10H19N. The van der Waals surface area contributed by atoms with Crippen LogP contribution in [0.15, 0.2) is 0 Å². The van der Waals surface area contributed by atoms with Gasteiger partial charge in [0.15, 0.2) is 0 Å². The Morgan fingerprint density at radius 1 is 1.45 bits per heavy atom. The second-order valence-electron chi connectivity index (χ2n) is 4.66. The topological polar surface area (TPSA) is 26.0 Å². The molecule has 2 aliphatic rings. The average molecular weight is 153 g/mol. The molecule has 2 aliphatic carbocycles. The van der Waals surface area contributed by atoms with Crippen molar-refractivity contribution >= 4 is 0 Å². The Balaban J connectivity index is 2.23. The third-order valence-corrected chi connectivity index (χ3v) is 4.44. The van der Waals surface area contributed by atoms with E-state index in [9.17, 15) is 0 Å². The third-order valence-electron chi connectivity index (χ3n) is 4.44. The number of hydrogen-bond donors (Lipinski definition) is 1. The molecule has 0 aliphatic heterocycles. The van der Waals surface area contributed by atoms with E-state index in [0.29, 0.717) is 11.5 Å². The maximum Gasteiger partial charge on any atom is 0.0124 e. The molecule has 0 aromatic carbocycles. The van der Waals surface area contributed by atoms with Gasteiger partial charge in [0.1, 0.15) is 0 Å². The maximum absolute atomic E-state index is 6.21. The first-order valence-corrected chi connectivity index (χ1v) is 4.94. The molecule has 2 saturated carbocycles. The van der Waals surface area contributed by atoms with Crippen LogP contribution in [0.5, 0.6) is 0 Å². The highest BCUT2D eigenvalue weighted by atomic mass is 14.8. The normalized spacial score (nSPS) is 55.4. The second kappa shape index (κ2) is 2.22. The molecule has 0 amide bonds. The lowest BCUT2D eigenvalue weighted by Crippen LogP contribution is -2.43. The molecule has 11 heavy (non-hydrogen) atoms. The zero-order valence-corrected chi connectivity index (χ0v) is 7.64. The van der Waals surface area contributed by atoms with E-state index in [0.717, 1.165) is 11.8 Å². The van der Waals surface area contributed by atoms with Gasteiger partial charge in [-0.15, -0.1) is 0 Å². The largest absolute Gasteiger partial charge is 0.327 e. The van der Waals surface area contributed by atoms with Gasteiger partial charge in [0, 0.05) is 6.04 Å². The summed E-state index contributed by atoms with van der Waals surface area (Å²) in [6, 6.07) is 0.506. The van der Waals surface area contributed by atoms with E-state index in [1.54, 1.807) is 0 Å². The van der Waals surface area contributed by atoms with Crippen molar-refractivity contribution in [1.82, 2.24) is 0 Å². The Morgan fingerprint density at radius 3 is 2.55 bits per heavy atom. The van der Waals surface area contributed by atoms with Crippen LogP contribution in [-0.4, -0.2) is 6.04 Å². The van der Waals surface area contributed by atoms with Gasteiger partial charge in [-0.3, -0.25) is 0 Å². The van der Waals surface area contributed by atoms with Gasteiger partial charge in [-0.25, -0.2) is 0 Å². The fourth-order valence-electron chi connectivity index (χ4n) is 3.28. The molecule has 0 saturated heterocycles. The molecule has 4 atom stereocenters. The highest BCUT2D eigenvalue weighted by molar-refractivity contribution is 5.05. The van der Waals surface area contributed by atoms with Gasteiger partial charge >= 0.3 is 0 Å². The first-order valence-electron chi connectivity index (χ1n) is 4.94. The molecule has 0 aromatic heterocycles. The Bertz CT molecular complexity index is 162. The number of fused-ring (bicyclic) bond motifs is 2. The van der Waals surface area contributed by atoms with Crippen LogP contribution in [-0.2, 0) is 0 Å². The Hall–Kier alpha value is -0.0400. The summed E-state index contributed by atoms with van der Waals surface area (Å²) in [5.74, 6) is 1.82. The monoisotopic (exact) mass is 153 g/mol. The third kappa shape index (κ3) is 0.807. The molecule has 0 aromatic rings. The van der Waals surface area contributed by atoms with E-state index in [1.807, 2.05) is 0 Å². The van der Waals surface area contributed by atoms with Crippen LogP contribution in [0.4, 0.5) is 0 Å². The molecule has 2 fully saturated rings. The minimum Gasteiger partial charge on any atom is -0.327 e. The summed E-state index contributed by atoms with van der Waals surface area (Å²) >= 11 is 0. The summed E-state index contributed by atoms with van der Waals surface area (Å²) in [4.78, 5) is 0. The van der Waals surface area contributed by atoms with Gasteiger partial charge in [0.05, 0.1) is 0 Å². The van der Waals surface area contributed by atoms with E-state index < -0.39 is 0 Å². The lowest BCUT2D eigenvalue weighted by atomic mass is 9.70. The molecule has 0 spiro atoms. The predicted molar refractivity (Wildman–Crippen MR) is 47.2 cm³/mol. The molecule has 0 heterocycles. The van der Waals surface area contributed by atoms with Crippen molar-refractivity contribution in [2.24, 2.45) is 23.0 Å². The van der Waals surface area contributed by atoms with Crippen LogP contribution in [0.2, 0.25) is 0 Å². The van der Waals surface area contributed by atoms with Crippen LogP contribution < -0.4 is 5.73 Å². The summed E-state index contributed by atoms with van der Waals surface area (Å²) in [5.41, 5.74) is 6.70. The SMILES string of the molecule is CC[C@@]1(C)[C@H]2CC[C@H](C2)[C@H]1N.